The summed E-state index contributed by atoms with van der Waals surface area (Å²) in [6.07, 6.45) is 2.93. The first-order valence-corrected chi connectivity index (χ1v) is 6.78. The van der Waals surface area contributed by atoms with Gasteiger partial charge in [-0.25, -0.2) is 4.98 Å². The summed E-state index contributed by atoms with van der Waals surface area (Å²) in [5.41, 5.74) is 3.50. The number of aliphatic hydroxyl groups excluding tert-OH is 1. The van der Waals surface area contributed by atoms with Crippen LogP contribution < -0.4 is 5.32 Å². The van der Waals surface area contributed by atoms with Crippen molar-refractivity contribution in [3.8, 4) is 0 Å². The van der Waals surface area contributed by atoms with Gasteiger partial charge in [-0.1, -0.05) is 36.4 Å². The van der Waals surface area contributed by atoms with Crippen molar-refractivity contribution in [1.29, 1.82) is 0 Å². The van der Waals surface area contributed by atoms with Crippen LogP contribution in [-0.4, -0.2) is 16.6 Å². The van der Waals surface area contributed by atoms with Gasteiger partial charge in [-0.15, -0.1) is 0 Å². The zero-order valence-electron chi connectivity index (χ0n) is 10.8. The highest BCUT2D eigenvalue weighted by atomic mass is 16.3. The molecule has 3 nitrogen and oxygen atoms in total. The lowest BCUT2D eigenvalue weighted by molar-refractivity contribution is 0.191. The Hall–Kier alpha value is -1.87. The minimum absolute atomic E-state index is 0.482. The quantitative estimate of drug-likeness (QED) is 0.881. The van der Waals surface area contributed by atoms with Crippen molar-refractivity contribution in [1.82, 2.24) is 4.98 Å². The maximum Gasteiger partial charge on any atom is 0.126 e. The van der Waals surface area contributed by atoms with E-state index in [0.717, 1.165) is 24.2 Å². The number of fused-ring (bicyclic) bond motifs is 1. The van der Waals surface area contributed by atoms with E-state index in [1.54, 1.807) is 0 Å². The van der Waals surface area contributed by atoms with Crippen LogP contribution in [0.25, 0.3) is 0 Å². The maximum absolute atomic E-state index is 10.1. The topological polar surface area (TPSA) is 45.1 Å². The molecule has 98 valence electrons. The van der Waals surface area contributed by atoms with Crippen molar-refractivity contribution in [2.75, 3.05) is 11.9 Å². The van der Waals surface area contributed by atoms with Crippen LogP contribution in [0.5, 0.6) is 0 Å². The number of anilines is 1. The molecule has 1 unspecified atom stereocenters. The van der Waals surface area contributed by atoms with Gasteiger partial charge in [0.05, 0.1) is 6.10 Å². The first-order valence-electron chi connectivity index (χ1n) is 6.78. The van der Waals surface area contributed by atoms with Crippen LogP contribution in [0.2, 0.25) is 0 Å². The first kappa shape index (κ1) is 12.2. The van der Waals surface area contributed by atoms with E-state index in [1.807, 2.05) is 36.4 Å². The standard InChI is InChI=1S/C16H18N2O/c19-15(13-5-2-1-3-6-13)11-17-16-10-9-12-7-4-8-14(12)18-16/h1-3,5-6,9-10,15,19H,4,7-8,11H2,(H,17,18). The van der Waals surface area contributed by atoms with E-state index in [-0.39, 0.29) is 0 Å². The summed E-state index contributed by atoms with van der Waals surface area (Å²) in [7, 11) is 0. The third-order valence-electron chi connectivity index (χ3n) is 3.59. The highest BCUT2D eigenvalue weighted by molar-refractivity contribution is 5.40. The zero-order chi connectivity index (χ0) is 13.1. The summed E-state index contributed by atoms with van der Waals surface area (Å²) in [6, 6.07) is 13.8. The van der Waals surface area contributed by atoms with Crippen molar-refractivity contribution in [3.63, 3.8) is 0 Å². The van der Waals surface area contributed by atoms with Gasteiger partial charge in [-0.3, -0.25) is 0 Å². The summed E-state index contributed by atoms with van der Waals surface area (Å²) in [5, 5.41) is 13.3. The van der Waals surface area contributed by atoms with Gasteiger partial charge in [0, 0.05) is 12.2 Å². The second-order valence-corrected chi connectivity index (χ2v) is 4.96. The lowest BCUT2D eigenvalue weighted by Crippen LogP contribution is -2.13. The molecule has 19 heavy (non-hydrogen) atoms. The fourth-order valence-electron chi connectivity index (χ4n) is 2.51. The van der Waals surface area contributed by atoms with Crippen molar-refractivity contribution < 1.29 is 5.11 Å². The van der Waals surface area contributed by atoms with E-state index in [9.17, 15) is 5.11 Å². The lowest BCUT2D eigenvalue weighted by atomic mass is 10.1. The summed E-state index contributed by atoms with van der Waals surface area (Å²) in [4.78, 5) is 4.60. The van der Waals surface area contributed by atoms with Crippen LogP contribution in [0.1, 0.15) is 29.3 Å². The molecular formula is C16H18N2O. The molecule has 1 aliphatic rings. The van der Waals surface area contributed by atoms with Gasteiger partial charge in [0.25, 0.3) is 0 Å². The lowest BCUT2D eigenvalue weighted by Gasteiger charge is -2.13. The van der Waals surface area contributed by atoms with Crippen LogP contribution in [-0.2, 0) is 12.8 Å². The number of aryl methyl sites for hydroxylation is 2. The van der Waals surface area contributed by atoms with Gasteiger partial charge in [0.2, 0.25) is 0 Å². The van der Waals surface area contributed by atoms with Gasteiger partial charge in [0.15, 0.2) is 0 Å². The van der Waals surface area contributed by atoms with Gasteiger partial charge in [-0.05, 0) is 36.5 Å². The van der Waals surface area contributed by atoms with Gasteiger partial charge in [-0.2, -0.15) is 0 Å². The molecule has 0 aliphatic heterocycles. The first-order chi connectivity index (χ1) is 9.33. The number of hydrogen-bond acceptors (Lipinski definition) is 3. The molecule has 0 saturated carbocycles. The number of nitrogens with one attached hydrogen (secondary N) is 1. The second kappa shape index (κ2) is 5.41. The molecule has 0 bridgehead atoms. The van der Waals surface area contributed by atoms with Crippen molar-refractivity contribution in [3.05, 3.63) is 59.3 Å². The summed E-state index contributed by atoms with van der Waals surface area (Å²) in [6.45, 7) is 0.482. The summed E-state index contributed by atoms with van der Waals surface area (Å²) >= 11 is 0. The van der Waals surface area contributed by atoms with Gasteiger partial charge >= 0.3 is 0 Å². The van der Waals surface area contributed by atoms with Crippen LogP contribution in [0.4, 0.5) is 5.82 Å². The van der Waals surface area contributed by atoms with Crippen LogP contribution in [0.3, 0.4) is 0 Å². The second-order valence-electron chi connectivity index (χ2n) is 4.96. The fourth-order valence-corrected chi connectivity index (χ4v) is 2.51. The summed E-state index contributed by atoms with van der Waals surface area (Å²) in [5.74, 6) is 0.857. The minimum atomic E-state index is -0.503. The molecule has 0 amide bonds. The van der Waals surface area contributed by atoms with E-state index >= 15 is 0 Å². The van der Waals surface area contributed by atoms with Crippen LogP contribution >= 0.6 is 0 Å². The molecule has 0 saturated heterocycles. The summed E-state index contributed by atoms with van der Waals surface area (Å²) < 4.78 is 0. The number of hydrogen-bond donors (Lipinski definition) is 2. The zero-order valence-corrected chi connectivity index (χ0v) is 10.8. The Morgan fingerprint density at radius 3 is 2.79 bits per heavy atom. The van der Waals surface area contributed by atoms with Crippen molar-refractivity contribution in [2.24, 2.45) is 0 Å². The molecule has 3 rings (SSSR count). The molecule has 0 fully saturated rings. The molecule has 1 atom stereocenters. The van der Waals surface area contributed by atoms with Gasteiger partial charge in [0.1, 0.15) is 5.82 Å². The molecule has 1 aliphatic carbocycles. The predicted octanol–water partition coefficient (Wildman–Crippen LogP) is 2.72. The molecular weight excluding hydrogens is 236 g/mol. The normalized spacial score (nSPS) is 15.0. The smallest absolute Gasteiger partial charge is 0.126 e. The SMILES string of the molecule is OC(CNc1ccc2c(n1)CCC2)c1ccccc1. The Labute approximate surface area is 113 Å². The highest BCUT2D eigenvalue weighted by Gasteiger charge is 2.13. The Kier molecular flexibility index (Phi) is 3.47. The molecule has 3 heteroatoms. The van der Waals surface area contributed by atoms with E-state index in [0.29, 0.717) is 6.54 Å². The maximum atomic E-state index is 10.1. The minimum Gasteiger partial charge on any atom is -0.387 e. The molecule has 1 heterocycles. The molecule has 2 N–H and O–H groups in total. The third kappa shape index (κ3) is 2.76. The van der Waals surface area contributed by atoms with Crippen molar-refractivity contribution >= 4 is 5.82 Å². The third-order valence-corrected chi connectivity index (χ3v) is 3.59. The number of pyridine rings is 1. The monoisotopic (exact) mass is 254 g/mol. The van der Waals surface area contributed by atoms with Crippen LogP contribution in [0, 0.1) is 0 Å². The average Bonchev–Trinajstić information content (AvgIpc) is 2.93. The van der Waals surface area contributed by atoms with E-state index in [2.05, 4.69) is 16.4 Å². The fraction of sp³-hybridized carbons (Fsp3) is 0.312. The van der Waals surface area contributed by atoms with Crippen LogP contribution in [0.15, 0.2) is 42.5 Å². The predicted molar refractivity (Wildman–Crippen MR) is 76.2 cm³/mol. The van der Waals surface area contributed by atoms with E-state index in [1.165, 1.54) is 17.7 Å². The highest BCUT2D eigenvalue weighted by Crippen LogP contribution is 2.22. The van der Waals surface area contributed by atoms with Gasteiger partial charge < -0.3 is 10.4 Å². The Morgan fingerprint density at radius 1 is 1.11 bits per heavy atom. The molecule has 0 spiro atoms. The Balaban J connectivity index is 1.63. The number of aliphatic hydroxyl groups is 1. The van der Waals surface area contributed by atoms with E-state index < -0.39 is 6.10 Å². The number of nitrogens with zero attached hydrogens (tertiary/aromatic N) is 1. The molecule has 1 aromatic carbocycles. The largest absolute Gasteiger partial charge is 0.387 e. The molecule has 1 aromatic heterocycles. The van der Waals surface area contributed by atoms with E-state index in [4.69, 9.17) is 0 Å². The molecule has 0 radical (unpaired) electrons. The molecule has 2 aromatic rings. The number of aromatic nitrogens is 1. The Morgan fingerprint density at radius 2 is 1.95 bits per heavy atom. The average molecular weight is 254 g/mol. The van der Waals surface area contributed by atoms with Crippen molar-refractivity contribution in [2.45, 2.75) is 25.4 Å². The number of benzene rings is 1. The number of rotatable bonds is 4. The Bertz CT molecular complexity index is 554.